The Morgan fingerprint density at radius 3 is 2.66 bits per heavy atom. The second-order valence-corrected chi connectivity index (χ2v) is 9.27. The van der Waals surface area contributed by atoms with Gasteiger partial charge in [-0.1, -0.05) is 30.3 Å². The Labute approximate surface area is 223 Å². The molecule has 0 bridgehead atoms. The monoisotopic (exact) mass is 540 g/mol. The van der Waals surface area contributed by atoms with Crippen LogP contribution in [0.1, 0.15) is 34.3 Å². The number of fused-ring (bicyclic) bond motifs is 1. The molecule has 12 heteroatoms. The van der Waals surface area contributed by atoms with E-state index < -0.39 is 23.9 Å². The standard InChI is InChI=1S/C26H25ClN4O7/c1-14(25(35)36)12-30(17-4-7-21(38-2)19(27)10-17)26(37)28-11-15-3-5-18-16(9-15)13-31(24(18)34)20-6-8-22(32)29-23(20)33/h3-5,7,9-10,20H,1,6,8,11-13H2,2H3,(H,28,37)(H,35,36)(H,29,32,33). The number of rotatable bonds is 8. The zero-order valence-electron chi connectivity index (χ0n) is 20.5. The molecular weight excluding hydrogens is 516 g/mol. The van der Waals surface area contributed by atoms with Crippen LogP contribution in [0.5, 0.6) is 5.75 Å². The van der Waals surface area contributed by atoms with Gasteiger partial charge in [-0.2, -0.15) is 0 Å². The van der Waals surface area contributed by atoms with Gasteiger partial charge in [-0.3, -0.25) is 24.6 Å². The highest BCUT2D eigenvalue weighted by Crippen LogP contribution is 2.30. The van der Waals surface area contributed by atoms with Crippen LogP contribution in [-0.2, 0) is 27.5 Å². The molecule has 2 aromatic rings. The lowest BCUT2D eigenvalue weighted by Gasteiger charge is -2.29. The average molecular weight is 541 g/mol. The SMILES string of the molecule is C=C(CN(C(=O)NCc1ccc2c(c1)CN(C1CCC(=O)NC1=O)C2=O)c1ccc(OC)c(Cl)c1)C(=O)O. The third-order valence-electron chi connectivity index (χ3n) is 6.38. The molecule has 1 fully saturated rings. The number of hydrogen-bond donors (Lipinski definition) is 3. The van der Waals surface area contributed by atoms with E-state index in [1.165, 1.54) is 23.0 Å². The van der Waals surface area contributed by atoms with Crippen LogP contribution in [0, 0.1) is 0 Å². The number of carboxylic acids is 1. The minimum atomic E-state index is -1.24. The van der Waals surface area contributed by atoms with Gasteiger partial charge in [-0.05, 0) is 41.8 Å². The Morgan fingerprint density at radius 2 is 2.00 bits per heavy atom. The van der Waals surface area contributed by atoms with E-state index in [-0.39, 0.29) is 54.9 Å². The molecule has 1 unspecified atom stereocenters. The van der Waals surface area contributed by atoms with E-state index in [1.54, 1.807) is 30.3 Å². The fourth-order valence-electron chi connectivity index (χ4n) is 4.37. The molecule has 0 saturated carbocycles. The number of nitrogens with one attached hydrogen (secondary N) is 2. The number of anilines is 1. The molecule has 11 nitrogen and oxygen atoms in total. The van der Waals surface area contributed by atoms with Crippen molar-refractivity contribution in [3.05, 3.63) is 70.3 Å². The molecule has 198 valence electrons. The summed E-state index contributed by atoms with van der Waals surface area (Å²) in [4.78, 5) is 63.7. The van der Waals surface area contributed by atoms with E-state index in [4.69, 9.17) is 16.3 Å². The van der Waals surface area contributed by atoms with Crippen molar-refractivity contribution in [1.29, 1.82) is 0 Å². The third-order valence-corrected chi connectivity index (χ3v) is 6.67. The number of amides is 5. The predicted octanol–water partition coefficient (Wildman–Crippen LogP) is 2.47. The van der Waals surface area contributed by atoms with Gasteiger partial charge in [0.2, 0.25) is 11.8 Å². The summed E-state index contributed by atoms with van der Waals surface area (Å²) in [6.07, 6.45) is 0.429. The molecule has 2 aliphatic rings. The number of carboxylic acid groups (broad SMARTS) is 1. The van der Waals surface area contributed by atoms with E-state index in [0.717, 1.165) is 0 Å². The zero-order valence-corrected chi connectivity index (χ0v) is 21.2. The summed E-state index contributed by atoms with van der Waals surface area (Å²) in [5.41, 5.74) is 1.99. The van der Waals surface area contributed by atoms with Gasteiger partial charge in [-0.25, -0.2) is 9.59 Å². The van der Waals surface area contributed by atoms with Crippen molar-refractivity contribution >= 4 is 47.0 Å². The van der Waals surface area contributed by atoms with Crippen molar-refractivity contribution in [2.24, 2.45) is 0 Å². The summed E-state index contributed by atoms with van der Waals surface area (Å²) < 4.78 is 5.14. The van der Waals surface area contributed by atoms with Crippen molar-refractivity contribution in [2.45, 2.75) is 32.0 Å². The lowest BCUT2D eigenvalue weighted by Crippen LogP contribution is -2.52. The number of aliphatic carboxylic acids is 1. The molecule has 0 aliphatic carbocycles. The highest BCUT2D eigenvalue weighted by Gasteiger charge is 2.39. The maximum Gasteiger partial charge on any atom is 0.332 e. The molecular formula is C26H25ClN4O7. The molecule has 38 heavy (non-hydrogen) atoms. The number of nitrogens with zero attached hydrogens (tertiary/aromatic N) is 2. The summed E-state index contributed by atoms with van der Waals surface area (Å²) in [6, 6.07) is 8.41. The number of carbonyl (C=O) groups excluding carboxylic acids is 4. The minimum Gasteiger partial charge on any atom is -0.495 e. The van der Waals surface area contributed by atoms with Gasteiger partial charge in [0.25, 0.3) is 5.91 Å². The summed E-state index contributed by atoms with van der Waals surface area (Å²) in [5, 5.41) is 14.6. The Kier molecular flexibility index (Phi) is 7.67. The van der Waals surface area contributed by atoms with E-state index in [0.29, 0.717) is 28.1 Å². The molecule has 0 aromatic heterocycles. The van der Waals surface area contributed by atoms with Crippen LogP contribution in [0.2, 0.25) is 5.02 Å². The fourth-order valence-corrected chi connectivity index (χ4v) is 4.62. The highest BCUT2D eigenvalue weighted by atomic mass is 35.5. The Morgan fingerprint density at radius 1 is 1.24 bits per heavy atom. The highest BCUT2D eigenvalue weighted by molar-refractivity contribution is 6.32. The van der Waals surface area contributed by atoms with Gasteiger partial charge in [0, 0.05) is 36.3 Å². The van der Waals surface area contributed by atoms with Crippen LogP contribution in [0.15, 0.2) is 48.6 Å². The van der Waals surface area contributed by atoms with E-state index in [1.807, 2.05) is 0 Å². The number of hydrogen-bond acceptors (Lipinski definition) is 6. The topological polar surface area (TPSA) is 145 Å². The first-order chi connectivity index (χ1) is 18.1. The Bertz CT molecular complexity index is 1360. The number of ether oxygens (including phenoxy) is 1. The normalized spacial score (nSPS) is 16.5. The van der Waals surface area contributed by atoms with Gasteiger partial charge in [0.1, 0.15) is 11.8 Å². The number of piperidine rings is 1. The quantitative estimate of drug-likeness (QED) is 0.344. The molecule has 3 N–H and O–H groups in total. The van der Waals surface area contributed by atoms with Crippen LogP contribution in [0.4, 0.5) is 10.5 Å². The maximum absolute atomic E-state index is 13.1. The molecule has 4 rings (SSSR count). The predicted molar refractivity (Wildman–Crippen MR) is 137 cm³/mol. The van der Waals surface area contributed by atoms with E-state index in [9.17, 15) is 29.1 Å². The molecule has 1 atom stereocenters. The van der Waals surface area contributed by atoms with Gasteiger partial charge in [0.05, 0.1) is 18.7 Å². The first kappa shape index (κ1) is 26.7. The van der Waals surface area contributed by atoms with Gasteiger partial charge in [-0.15, -0.1) is 0 Å². The molecule has 5 amide bonds. The van der Waals surface area contributed by atoms with E-state index in [2.05, 4.69) is 17.2 Å². The van der Waals surface area contributed by atoms with Crippen LogP contribution in [0.25, 0.3) is 0 Å². The van der Waals surface area contributed by atoms with Crippen molar-refractivity contribution in [1.82, 2.24) is 15.5 Å². The molecule has 0 radical (unpaired) electrons. The molecule has 1 saturated heterocycles. The summed E-state index contributed by atoms with van der Waals surface area (Å²) >= 11 is 6.21. The fraction of sp³-hybridized carbons (Fsp3) is 0.269. The summed E-state index contributed by atoms with van der Waals surface area (Å²) in [5.74, 6) is -1.99. The van der Waals surface area contributed by atoms with Gasteiger partial charge >= 0.3 is 12.0 Å². The Balaban J connectivity index is 1.47. The summed E-state index contributed by atoms with van der Waals surface area (Å²) in [6.45, 7) is 3.51. The first-order valence-electron chi connectivity index (χ1n) is 11.7. The molecule has 0 spiro atoms. The third kappa shape index (κ3) is 5.47. The second kappa shape index (κ2) is 10.9. The van der Waals surface area contributed by atoms with Crippen LogP contribution >= 0.6 is 11.6 Å². The first-order valence-corrected chi connectivity index (χ1v) is 12.0. The number of carbonyl (C=O) groups is 5. The lowest BCUT2D eigenvalue weighted by atomic mass is 10.0. The van der Waals surface area contributed by atoms with Crippen molar-refractivity contribution in [3.63, 3.8) is 0 Å². The van der Waals surface area contributed by atoms with Crippen molar-refractivity contribution < 1.29 is 33.8 Å². The van der Waals surface area contributed by atoms with Crippen molar-refractivity contribution in [3.8, 4) is 5.75 Å². The van der Waals surface area contributed by atoms with Crippen LogP contribution < -0.4 is 20.3 Å². The number of urea groups is 1. The smallest absolute Gasteiger partial charge is 0.332 e. The molecule has 2 aromatic carbocycles. The zero-order chi connectivity index (χ0) is 27.6. The number of methoxy groups -OCH3 is 1. The number of imide groups is 1. The van der Waals surface area contributed by atoms with Crippen LogP contribution in [-0.4, -0.2) is 59.4 Å². The number of halogens is 1. The van der Waals surface area contributed by atoms with Crippen LogP contribution in [0.3, 0.4) is 0 Å². The van der Waals surface area contributed by atoms with Gasteiger partial charge < -0.3 is 20.1 Å². The molecule has 2 aliphatic heterocycles. The van der Waals surface area contributed by atoms with E-state index >= 15 is 0 Å². The number of benzene rings is 2. The average Bonchev–Trinajstić information content (AvgIpc) is 3.20. The maximum atomic E-state index is 13.1. The summed E-state index contributed by atoms with van der Waals surface area (Å²) in [7, 11) is 1.45. The van der Waals surface area contributed by atoms with Crippen molar-refractivity contribution in [2.75, 3.05) is 18.6 Å². The second-order valence-electron chi connectivity index (χ2n) is 8.86. The minimum absolute atomic E-state index is 0.0820. The largest absolute Gasteiger partial charge is 0.495 e. The molecule has 2 heterocycles. The van der Waals surface area contributed by atoms with Gasteiger partial charge in [0.15, 0.2) is 0 Å². The Hall–Kier alpha value is -4.38. The lowest BCUT2D eigenvalue weighted by molar-refractivity contribution is -0.137.